The van der Waals surface area contributed by atoms with Gasteiger partial charge in [-0.2, -0.15) is 0 Å². The van der Waals surface area contributed by atoms with Gasteiger partial charge >= 0.3 is 0 Å². The van der Waals surface area contributed by atoms with Crippen LogP contribution in [-0.4, -0.2) is 19.6 Å². The Morgan fingerprint density at radius 1 is 1.54 bits per heavy atom. The molecule has 0 amide bonds. The number of azide groups is 1. The quantitative estimate of drug-likeness (QED) is 0.394. The summed E-state index contributed by atoms with van der Waals surface area (Å²) < 4.78 is 0. The Morgan fingerprint density at radius 3 is 3.31 bits per heavy atom. The molecule has 0 bridgehead atoms. The van der Waals surface area contributed by atoms with Crippen LogP contribution in [0.3, 0.4) is 0 Å². The molecule has 1 heterocycles. The van der Waals surface area contributed by atoms with E-state index in [2.05, 4.69) is 15.3 Å². The highest BCUT2D eigenvalue weighted by atomic mass is 15.1. The molecular formula is C9H16N4. The Kier molecular flexibility index (Phi) is 2.42. The molecule has 0 aromatic rings. The lowest BCUT2D eigenvalue weighted by molar-refractivity contribution is 0.160. The van der Waals surface area contributed by atoms with Crippen LogP contribution in [0.1, 0.15) is 25.7 Å². The second-order valence-electron chi connectivity index (χ2n) is 4.32. The highest BCUT2D eigenvalue weighted by molar-refractivity contribution is 4.98. The molecule has 1 aliphatic heterocycles. The Hall–Kier alpha value is -0.730. The Morgan fingerprint density at radius 2 is 2.46 bits per heavy atom. The van der Waals surface area contributed by atoms with E-state index >= 15 is 0 Å². The molecule has 0 aromatic carbocycles. The molecule has 2 aliphatic rings. The molecule has 2 fully saturated rings. The summed E-state index contributed by atoms with van der Waals surface area (Å²) in [6.07, 6.45) is 5.21. The van der Waals surface area contributed by atoms with Gasteiger partial charge in [0.1, 0.15) is 0 Å². The maximum Gasteiger partial charge on any atom is 0.0329 e. The van der Waals surface area contributed by atoms with Gasteiger partial charge in [0.15, 0.2) is 0 Å². The smallest absolute Gasteiger partial charge is 0.0329 e. The zero-order chi connectivity index (χ0) is 9.15. The van der Waals surface area contributed by atoms with Crippen molar-refractivity contribution in [2.24, 2.45) is 16.4 Å². The van der Waals surface area contributed by atoms with E-state index in [1.807, 2.05) is 0 Å². The Balaban J connectivity index is 2.10. The third kappa shape index (κ3) is 1.52. The monoisotopic (exact) mass is 180 g/mol. The summed E-state index contributed by atoms with van der Waals surface area (Å²) >= 11 is 0. The topological polar surface area (TPSA) is 60.8 Å². The second-order valence-corrected chi connectivity index (χ2v) is 4.32. The minimum Gasteiger partial charge on any atom is -0.316 e. The number of nitrogens with zero attached hydrogens (tertiary/aromatic N) is 3. The predicted octanol–water partition coefficient (Wildman–Crippen LogP) is 2.08. The van der Waals surface area contributed by atoms with Crippen molar-refractivity contribution in [3.05, 3.63) is 10.4 Å². The fourth-order valence-electron chi connectivity index (χ4n) is 2.86. The van der Waals surface area contributed by atoms with Crippen molar-refractivity contribution in [2.45, 2.75) is 25.7 Å². The fourth-order valence-corrected chi connectivity index (χ4v) is 2.86. The van der Waals surface area contributed by atoms with E-state index in [1.165, 1.54) is 25.7 Å². The molecule has 13 heavy (non-hydrogen) atoms. The van der Waals surface area contributed by atoms with Crippen LogP contribution in [-0.2, 0) is 0 Å². The van der Waals surface area contributed by atoms with Gasteiger partial charge in [-0.3, -0.25) is 0 Å². The maximum absolute atomic E-state index is 8.35. The second kappa shape index (κ2) is 3.56. The lowest BCUT2D eigenvalue weighted by Gasteiger charge is -2.37. The standard InChI is InChI=1S/C9H16N4/c10-13-12-7-9-4-2-1-3-8(9)5-11-6-9/h8,11H,1-7H2. The lowest BCUT2D eigenvalue weighted by atomic mass is 9.68. The van der Waals surface area contributed by atoms with E-state index in [0.717, 1.165) is 19.0 Å². The first kappa shape index (κ1) is 8.85. The summed E-state index contributed by atoms with van der Waals surface area (Å²) in [6, 6.07) is 0. The number of hydrogen-bond acceptors (Lipinski definition) is 2. The van der Waals surface area contributed by atoms with Gasteiger partial charge in [0.25, 0.3) is 0 Å². The summed E-state index contributed by atoms with van der Waals surface area (Å²) in [6.45, 7) is 2.87. The van der Waals surface area contributed by atoms with Gasteiger partial charge in [-0.05, 0) is 36.3 Å². The minimum absolute atomic E-state index is 0.310. The zero-order valence-corrected chi connectivity index (χ0v) is 7.87. The van der Waals surface area contributed by atoms with Crippen molar-refractivity contribution in [2.75, 3.05) is 19.6 Å². The van der Waals surface area contributed by atoms with Crippen LogP contribution in [0.15, 0.2) is 5.11 Å². The minimum atomic E-state index is 0.310. The van der Waals surface area contributed by atoms with Gasteiger partial charge in [-0.15, -0.1) is 0 Å². The predicted molar refractivity (Wildman–Crippen MR) is 51.3 cm³/mol. The molecule has 0 aromatic heterocycles. The fraction of sp³-hybridized carbons (Fsp3) is 1.00. The number of nitrogens with one attached hydrogen (secondary N) is 1. The number of fused-ring (bicyclic) bond motifs is 1. The SMILES string of the molecule is [N-]=[N+]=NCC12CCCCC1CNC2. The lowest BCUT2D eigenvalue weighted by Crippen LogP contribution is -2.35. The van der Waals surface area contributed by atoms with Gasteiger partial charge in [0, 0.05) is 18.0 Å². The van der Waals surface area contributed by atoms with Crippen molar-refractivity contribution in [1.82, 2.24) is 5.32 Å². The first-order valence-corrected chi connectivity index (χ1v) is 5.09. The van der Waals surface area contributed by atoms with E-state index in [-0.39, 0.29) is 0 Å². The molecule has 0 spiro atoms. The average Bonchev–Trinajstić information content (AvgIpc) is 2.58. The summed E-state index contributed by atoms with van der Waals surface area (Å²) in [4.78, 5) is 2.88. The largest absolute Gasteiger partial charge is 0.316 e. The van der Waals surface area contributed by atoms with Crippen LogP contribution >= 0.6 is 0 Å². The van der Waals surface area contributed by atoms with Gasteiger partial charge < -0.3 is 5.32 Å². The van der Waals surface area contributed by atoms with Crippen molar-refractivity contribution in [3.63, 3.8) is 0 Å². The molecule has 2 atom stereocenters. The zero-order valence-electron chi connectivity index (χ0n) is 7.87. The summed E-state index contributed by atoms with van der Waals surface area (Å²) in [5, 5.41) is 7.20. The van der Waals surface area contributed by atoms with Crippen molar-refractivity contribution in [3.8, 4) is 0 Å². The normalized spacial score (nSPS) is 38.0. The van der Waals surface area contributed by atoms with E-state index in [1.54, 1.807) is 0 Å². The van der Waals surface area contributed by atoms with Crippen LogP contribution < -0.4 is 5.32 Å². The van der Waals surface area contributed by atoms with E-state index in [4.69, 9.17) is 5.53 Å². The first-order chi connectivity index (χ1) is 6.37. The van der Waals surface area contributed by atoms with E-state index in [9.17, 15) is 0 Å². The number of rotatable bonds is 2. The van der Waals surface area contributed by atoms with Crippen LogP contribution in [0.2, 0.25) is 0 Å². The van der Waals surface area contributed by atoms with Crippen LogP contribution in [0, 0.1) is 11.3 Å². The molecule has 72 valence electrons. The molecule has 2 unspecified atom stereocenters. The molecule has 4 heteroatoms. The molecular weight excluding hydrogens is 164 g/mol. The Labute approximate surface area is 78.3 Å². The molecule has 1 saturated carbocycles. The average molecular weight is 180 g/mol. The molecule has 4 nitrogen and oxygen atoms in total. The van der Waals surface area contributed by atoms with Crippen molar-refractivity contribution < 1.29 is 0 Å². The molecule has 0 radical (unpaired) electrons. The highest BCUT2D eigenvalue weighted by Crippen LogP contribution is 2.43. The van der Waals surface area contributed by atoms with Gasteiger partial charge in [0.2, 0.25) is 0 Å². The summed E-state index contributed by atoms with van der Waals surface area (Å²) in [5.41, 5.74) is 8.66. The van der Waals surface area contributed by atoms with E-state index in [0.29, 0.717) is 12.0 Å². The van der Waals surface area contributed by atoms with Crippen LogP contribution in [0.4, 0.5) is 0 Å². The summed E-state index contributed by atoms with van der Waals surface area (Å²) in [5.74, 6) is 0.756. The van der Waals surface area contributed by atoms with Crippen LogP contribution in [0.5, 0.6) is 0 Å². The van der Waals surface area contributed by atoms with Crippen LogP contribution in [0.25, 0.3) is 10.4 Å². The maximum atomic E-state index is 8.35. The number of hydrogen-bond donors (Lipinski definition) is 1. The highest BCUT2D eigenvalue weighted by Gasteiger charge is 2.43. The van der Waals surface area contributed by atoms with Crippen molar-refractivity contribution in [1.29, 1.82) is 0 Å². The molecule has 2 rings (SSSR count). The third-order valence-corrected chi connectivity index (χ3v) is 3.66. The van der Waals surface area contributed by atoms with Gasteiger partial charge in [0.05, 0.1) is 0 Å². The third-order valence-electron chi connectivity index (χ3n) is 3.66. The molecule has 1 aliphatic carbocycles. The van der Waals surface area contributed by atoms with Gasteiger partial charge in [-0.1, -0.05) is 18.0 Å². The first-order valence-electron chi connectivity index (χ1n) is 5.09. The summed E-state index contributed by atoms with van der Waals surface area (Å²) in [7, 11) is 0. The molecule has 1 saturated heterocycles. The Bertz CT molecular complexity index is 234. The van der Waals surface area contributed by atoms with Gasteiger partial charge in [-0.25, -0.2) is 0 Å². The van der Waals surface area contributed by atoms with Crippen molar-refractivity contribution >= 4 is 0 Å². The molecule has 1 N–H and O–H groups in total. The van der Waals surface area contributed by atoms with E-state index < -0.39 is 0 Å².